The quantitative estimate of drug-likeness (QED) is 0.618. The number of benzene rings is 2. The molecule has 154 valence electrons. The number of rotatable bonds is 5. The van der Waals surface area contributed by atoms with Crippen LogP contribution in [0.15, 0.2) is 61.1 Å². The zero-order chi connectivity index (χ0) is 20.9. The Kier molecular flexibility index (Phi) is 6.23. The first-order valence-corrected chi connectivity index (χ1v) is 10.3. The number of amides is 1. The van der Waals surface area contributed by atoms with Crippen LogP contribution in [-0.2, 0) is 6.42 Å². The lowest BCUT2D eigenvalue weighted by atomic mass is 9.90. The Bertz CT molecular complexity index is 1010. The third-order valence-electron chi connectivity index (χ3n) is 5.37. The first-order chi connectivity index (χ1) is 14.6. The highest BCUT2D eigenvalue weighted by atomic mass is 35.5. The minimum Gasteiger partial charge on any atom is -0.339 e. The van der Waals surface area contributed by atoms with Crippen LogP contribution in [-0.4, -0.2) is 33.9 Å². The maximum atomic E-state index is 13.1. The summed E-state index contributed by atoms with van der Waals surface area (Å²) in [7, 11) is 0. The summed E-state index contributed by atoms with van der Waals surface area (Å²) in [6.07, 6.45) is 7.54. The fourth-order valence-electron chi connectivity index (χ4n) is 3.74. The van der Waals surface area contributed by atoms with Gasteiger partial charge < -0.3 is 10.2 Å². The fourth-order valence-corrected chi connectivity index (χ4v) is 3.94. The molecule has 3 aromatic rings. The number of hydrogen-bond acceptors (Lipinski definition) is 4. The van der Waals surface area contributed by atoms with Crippen molar-refractivity contribution >= 4 is 29.0 Å². The van der Waals surface area contributed by atoms with E-state index in [9.17, 15) is 9.18 Å². The molecule has 2 aromatic carbocycles. The van der Waals surface area contributed by atoms with Crippen LogP contribution in [0.25, 0.3) is 0 Å². The lowest BCUT2D eigenvalue weighted by Crippen LogP contribution is -2.39. The number of aromatic nitrogens is 2. The number of nitrogens with one attached hydrogen (secondary N) is 1. The van der Waals surface area contributed by atoms with E-state index in [0.717, 1.165) is 30.5 Å². The van der Waals surface area contributed by atoms with Crippen molar-refractivity contribution < 1.29 is 9.18 Å². The van der Waals surface area contributed by atoms with Crippen molar-refractivity contribution in [3.63, 3.8) is 0 Å². The summed E-state index contributed by atoms with van der Waals surface area (Å²) in [4.78, 5) is 23.1. The van der Waals surface area contributed by atoms with E-state index in [0.29, 0.717) is 35.4 Å². The number of nitrogens with zero attached hydrogens (tertiary/aromatic N) is 3. The predicted molar refractivity (Wildman–Crippen MR) is 115 cm³/mol. The zero-order valence-electron chi connectivity index (χ0n) is 16.4. The molecule has 0 saturated carbocycles. The van der Waals surface area contributed by atoms with Crippen LogP contribution >= 0.6 is 11.6 Å². The van der Waals surface area contributed by atoms with Gasteiger partial charge >= 0.3 is 0 Å². The second kappa shape index (κ2) is 9.22. The predicted octanol–water partition coefficient (Wildman–Crippen LogP) is 5.11. The largest absolute Gasteiger partial charge is 0.339 e. The molecule has 2 heterocycles. The number of anilines is 2. The van der Waals surface area contributed by atoms with Crippen LogP contribution in [0.2, 0.25) is 5.02 Å². The highest BCUT2D eigenvalue weighted by Gasteiger charge is 2.25. The van der Waals surface area contributed by atoms with Gasteiger partial charge in [0.1, 0.15) is 11.6 Å². The van der Waals surface area contributed by atoms with Gasteiger partial charge in [-0.2, -0.15) is 0 Å². The number of carbonyl (C=O) groups is 1. The van der Waals surface area contributed by atoms with Crippen LogP contribution < -0.4 is 5.32 Å². The average molecular weight is 425 g/mol. The summed E-state index contributed by atoms with van der Waals surface area (Å²) in [5.74, 6) is 0.801. The van der Waals surface area contributed by atoms with Gasteiger partial charge in [0.2, 0.25) is 0 Å². The first-order valence-electron chi connectivity index (χ1n) is 9.95. The Morgan fingerprint density at radius 2 is 1.90 bits per heavy atom. The number of hydrogen-bond donors (Lipinski definition) is 1. The van der Waals surface area contributed by atoms with E-state index in [1.54, 1.807) is 30.7 Å². The SMILES string of the molecule is O=C(c1cc(Nc2cnccn2)ccc1Cl)N1CCC(Cc2ccc(F)cc2)CC1. The number of likely N-dealkylation sites (tertiary alicyclic amines) is 1. The minimum atomic E-state index is -0.216. The van der Waals surface area contributed by atoms with Crippen LogP contribution in [0.5, 0.6) is 0 Å². The molecule has 0 bridgehead atoms. The molecule has 30 heavy (non-hydrogen) atoms. The van der Waals surface area contributed by atoms with Crippen molar-refractivity contribution in [1.82, 2.24) is 14.9 Å². The maximum absolute atomic E-state index is 13.1. The molecule has 1 aliphatic heterocycles. The van der Waals surface area contributed by atoms with Crippen molar-refractivity contribution in [2.75, 3.05) is 18.4 Å². The van der Waals surface area contributed by atoms with Gasteiger partial charge in [0, 0.05) is 31.2 Å². The number of halogens is 2. The van der Waals surface area contributed by atoms with E-state index in [1.165, 1.54) is 12.1 Å². The summed E-state index contributed by atoms with van der Waals surface area (Å²) in [5, 5.41) is 3.57. The van der Waals surface area contributed by atoms with Gasteiger partial charge in [-0.3, -0.25) is 9.78 Å². The summed E-state index contributed by atoms with van der Waals surface area (Å²) < 4.78 is 13.1. The van der Waals surface area contributed by atoms with Crippen LogP contribution in [0, 0.1) is 11.7 Å². The molecule has 0 spiro atoms. The van der Waals surface area contributed by atoms with Crippen LogP contribution in [0.1, 0.15) is 28.8 Å². The van der Waals surface area contributed by atoms with Crippen molar-refractivity contribution in [3.8, 4) is 0 Å². The molecule has 5 nitrogen and oxygen atoms in total. The molecule has 0 aliphatic carbocycles. The highest BCUT2D eigenvalue weighted by molar-refractivity contribution is 6.34. The van der Waals surface area contributed by atoms with Crippen molar-refractivity contribution in [2.24, 2.45) is 5.92 Å². The van der Waals surface area contributed by atoms with Gasteiger partial charge in [-0.15, -0.1) is 0 Å². The van der Waals surface area contributed by atoms with E-state index in [2.05, 4.69) is 15.3 Å². The second-order valence-electron chi connectivity index (χ2n) is 7.48. The normalized spacial score (nSPS) is 14.5. The maximum Gasteiger partial charge on any atom is 0.255 e. The highest BCUT2D eigenvalue weighted by Crippen LogP contribution is 2.27. The monoisotopic (exact) mass is 424 g/mol. The molecule has 1 fully saturated rings. The van der Waals surface area contributed by atoms with Crippen LogP contribution in [0.3, 0.4) is 0 Å². The zero-order valence-corrected chi connectivity index (χ0v) is 17.1. The Hall–Kier alpha value is -2.99. The summed E-state index contributed by atoms with van der Waals surface area (Å²) in [6, 6.07) is 11.9. The van der Waals surface area contributed by atoms with Gasteiger partial charge in [0.05, 0.1) is 16.8 Å². The summed E-state index contributed by atoms with van der Waals surface area (Å²) >= 11 is 6.33. The molecule has 1 amide bonds. The van der Waals surface area contributed by atoms with Crippen LogP contribution in [0.4, 0.5) is 15.9 Å². The molecule has 1 aliphatic rings. The molecule has 0 unspecified atom stereocenters. The van der Waals surface area contributed by atoms with Gasteiger partial charge in [-0.25, -0.2) is 9.37 Å². The van der Waals surface area contributed by atoms with E-state index in [1.807, 2.05) is 23.1 Å². The Balaban J connectivity index is 1.38. The number of piperidine rings is 1. The van der Waals surface area contributed by atoms with Crippen molar-refractivity contribution in [2.45, 2.75) is 19.3 Å². The fraction of sp³-hybridized carbons (Fsp3) is 0.261. The third-order valence-corrected chi connectivity index (χ3v) is 5.70. The molecule has 1 N–H and O–H groups in total. The van der Waals surface area contributed by atoms with Gasteiger partial charge in [0.15, 0.2) is 0 Å². The second-order valence-corrected chi connectivity index (χ2v) is 7.88. The lowest BCUT2D eigenvalue weighted by Gasteiger charge is -2.32. The van der Waals surface area contributed by atoms with Crippen molar-refractivity contribution in [3.05, 3.63) is 83.0 Å². The van der Waals surface area contributed by atoms with E-state index < -0.39 is 0 Å². The average Bonchev–Trinajstić information content (AvgIpc) is 2.77. The summed E-state index contributed by atoms with van der Waals surface area (Å²) in [6.45, 7) is 1.37. The first kappa shape index (κ1) is 20.3. The minimum absolute atomic E-state index is 0.0666. The van der Waals surface area contributed by atoms with E-state index in [4.69, 9.17) is 11.6 Å². The standard InChI is InChI=1S/C23H22ClFN4O/c24-21-6-5-19(28-22-15-26-9-10-27-22)14-20(21)23(30)29-11-7-17(8-12-29)13-16-1-3-18(25)4-2-16/h1-6,9-10,14-15,17H,7-8,11-13H2,(H,27,28). The molecule has 7 heteroatoms. The smallest absolute Gasteiger partial charge is 0.255 e. The molecule has 0 radical (unpaired) electrons. The van der Waals surface area contributed by atoms with E-state index in [-0.39, 0.29) is 11.7 Å². The molecule has 1 saturated heterocycles. The van der Waals surface area contributed by atoms with Gasteiger partial charge in [-0.05, 0) is 61.1 Å². The number of carbonyl (C=O) groups excluding carboxylic acids is 1. The molecule has 0 atom stereocenters. The van der Waals surface area contributed by atoms with E-state index >= 15 is 0 Å². The topological polar surface area (TPSA) is 58.1 Å². The molecule has 1 aromatic heterocycles. The Morgan fingerprint density at radius 1 is 1.13 bits per heavy atom. The van der Waals surface area contributed by atoms with Gasteiger partial charge in [-0.1, -0.05) is 23.7 Å². The molecular formula is C23H22ClFN4O. The third kappa shape index (κ3) is 4.94. The Morgan fingerprint density at radius 3 is 2.60 bits per heavy atom. The lowest BCUT2D eigenvalue weighted by molar-refractivity contribution is 0.0691. The Labute approximate surface area is 179 Å². The summed E-state index contributed by atoms with van der Waals surface area (Å²) in [5.41, 5.74) is 2.34. The van der Waals surface area contributed by atoms with Crippen molar-refractivity contribution in [1.29, 1.82) is 0 Å². The molecule has 4 rings (SSSR count). The van der Waals surface area contributed by atoms with Gasteiger partial charge in [0.25, 0.3) is 5.91 Å². The molecular weight excluding hydrogens is 403 g/mol.